The van der Waals surface area contributed by atoms with Crippen molar-refractivity contribution >= 4 is 26.4 Å². The number of carbonyl (C=O) groups is 1. The van der Waals surface area contributed by atoms with Crippen LogP contribution in [0.4, 0.5) is 4.39 Å². The molecule has 1 heterocycles. The monoisotopic (exact) mass is 545 g/mol. The van der Waals surface area contributed by atoms with Crippen molar-refractivity contribution in [3.8, 4) is 11.1 Å². The van der Waals surface area contributed by atoms with Crippen molar-refractivity contribution < 1.29 is 27.1 Å². The SMILES string of the molecule is CCOCCCCc1ccc(-c2ccc3c(=O)n(CC[C@](C)(C(=O)COC)S(C)(=O)=O)ccc3c2)c(F)c1. The van der Waals surface area contributed by atoms with Crippen LogP contribution in [0.1, 0.15) is 38.7 Å². The molecule has 0 spiro atoms. The summed E-state index contributed by atoms with van der Waals surface area (Å²) in [5.41, 5.74) is 1.73. The van der Waals surface area contributed by atoms with Gasteiger partial charge in [0, 0.05) is 50.3 Å². The molecule has 0 saturated heterocycles. The topological polar surface area (TPSA) is 91.7 Å². The summed E-state index contributed by atoms with van der Waals surface area (Å²) in [7, 11) is -2.42. The second-order valence-electron chi connectivity index (χ2n) is 9.69. The van der Waals surface area contributed by atoms with Crippen LogP contribution < -0.4 is 5.56 Å². The standard InChI is InChI=1S/C29H36FNO6S/c1-5-37-17-7-6-8-21-9-11-24(26(30)18-21)22-10-12-25-23(19-22)13-15-31(28(25)33)16-14-29(2,38(4,34)35)27(32)20-36-3/h9-13,15,18-19H,5-8,14,16-17,20H2,1-4H3/t29-/m1/s1. The number of methoxy groups -OCH3 is 1. The molecule has 1 atom stereocenters. The van der Waals surface area contributed by atoms with E-state index in [0.717, 1.165) is 31.1 Å². The number of carbonyl (C=O) groups excluding carboxylic acids is 1. The highest BCUT2D eigenvalue weighted by molar-refractivity contribution is 7.92. The Bertz CT molecular complexity index is 1450. The zero-order chi connectivity index (χ0) is 27.9. The lowest BCUT2D eigenvalue weighted by atomic mass is 9.98. The Balaban J connectivity index is 1.80. The summed E-state index contributed by atoms with van der Waals surface area (Å²) in [6.07, 6.45) is 5.14. The molecule has 9 heteroatoms. The number of halogens is 1. The summed E-state index contributed by atoms with van der Waals surface area (Å²) in [5, 5.41) is 1.07. The van der Waals surface area contributed by atoms with Crippen molar-refractivity contribution in [2.24, 2.45) is 0 Å². The second kappa shape index (κ2) is 12.8. The summed E-state index contributed by atoms with van der Waals surface area (Å²) in [5.74, 6) is -0.875. The molecule has 3 rings (SSSR count). The molecule has 7 nitrogen and oxygen atoms in total. The number of hydrogen-bond donors (Lipinski definition) is 0. The Hall–Kier alpha value is -2.88. The first kappa shape index (κ1) is 29.7. The number of pyridine rings is 1. The molecular weight excluding hydrogens is 509 g/mol. The van der Waals surface area contributed by atoms with E-state index in [0.29, 0.717) is 35.1 Å². The van der Waals surface area contributed by atoms with E-state index >= 15 is 0 Å². The maximum atomic E-state index is 15.0. The third kappa shape index (κ3) is 6.76. The Kier molecular flexibility index (Phi) is 9.98. The van der Waals surface area contributed by atoms with Gasteiger partial charge in [-0.2, -0.15) is 0 Å². The van der Waals surface area contributed by atoms with Crippen LogP contribution in [0, 0.1) is 5.82 Å². The van der Waals surface area contributed by atoms with E-state index in [9.17, 15) is 22.4 Å². The molecule has 0 aliphatic carbocycles. The third-order valence-electron chi connectivity index (χ3n) is 7.04. The van der Waals surface area contributed by atoms with Crippen molar-refractivity contribution in [2.75, 3.05) is 33.2 Å². The Morgan fingerprint density at radius 3 is 2.53 bits per heavy atom. The number of aromatic nitrogens is 1. The second-order valence-corrected chi connectivity index (χ2v) is 12.1. The summed E-state index contributed by atoms with van der Waals surface area (Å²) in [6, 6.07) is 12.1. The van der Waals surface area contributed by atoms with E-state index in [1.165, 1.54) is 18.6 Å². The molecule has 0 radical (unpaired) electrons. The summed E-state index contributed by atoms with van der Waals surface area (Å²) >= 11 is 0. The number of Topliss-reactive ketones (excluding diaryl/α,β-unsaturated/α-hetero) is 1. The van der Waals surface area contributed by atoms with Crippen LogP contribution in [0.25, 0.3) is 21.9 Å². The summed E-state index contributed by atoms with van der Waals surface area (Å²) in [6.45, 7) is 4.44. The zero-order valence-corrected chi connectivity index (χ0v) is 23.3. The van der Waals surface area contributed by atoms with E-state index < -0.39 is 20.4 Å². The molecule has 0 aliphatic heterocycles. The van der Waals surface area contributed by atoms with Crippen LogP contribution >= 0.6 is 0 Å². The van der Waals surface area contributed by atoms with E-state index in [-0.39, 0.29) is 30.9 Å². The van der Waals surface area contributed by atoms with Gasteiger partial charge in [-0.05, 0) is 80.3 Å². The molecule has 2 aromatic carbocycles. The average Bonchev–Trinajstić information content (AvgIpc) is 2.87. The third-order valence-corrected chi connectivity index (χ3v) is 9.11. The van der Waals surface area contributed by atoms with Gasteiger partial charge in [-0.3, -0.25) is 9.59 Å². The van der Waals surface area contributed by atoms with Gasteiger partial charge in [0.15, 0.2) is 15.6 Å². The van der Waals surface area contributed by atoms with Crippen LogP contribution in [0.2, 0.25) is 0 Å². The molecule has 0 fully saturated rings. The molecule has 0 bridgehead atoms. The summed E-state index contributed by atoms with van der Waals surface area (Å²) < 4.78 is 49.7. The van der Waals surface area contributed by atoms with Crippen molar-refractivity contribution in [3.05, 3.63) is 70.4 Å². The van der Waals surface area contributed by atoms with Crippen molar-refractivity contribution in [1.82, 2.24) is 4.57 Å². The molecule has 1 aromatic heterocycles. The van der Waals surface area contributed by atoms with Gasteiger partial charge in [0.1, 0.15) is 17.2 Å². The number of sulfone groups is 1. The number of benzene rings is 2. The van der Waals surface area contributed by atoms with Crippen LogP contribution in [0.5, 0.6) is 0 Å². The lowest BCUT2D eigenvalue weighted by molar-refractivity contribution is -0.125. The molecule has 0 saturated carbocycles. The molecule has 206 valence electrons. The normalized spacial score (nSPS) is 13.5. The van der Waals surface area contributed by atoms with Gasteiger partial charge in [-0.1, -0.05) is 18.2 Å². The van der Waals surface area contributed by atoms with Crippen LogP contribution in [0.15, 0.2) is 53.5 Å². The maximum absolute atomic E-state index is 15.0. The first-order valence-corrected chi connectivity index (χ1v) is 14.6. The van der Waals surface area contributed by atoms with E-state index in [1.54, 1.807) is 42.6 Å². The largest absolute Gasteiger partial charge is 0.382 e. The fraction of sp³-hybridized carbons (Fsp3) is 0.448. The minimum Gasteiger partial charge on any atom is -0.382 e. The van der Waals surface area contributed by atoms with Gasteiger partial charge in [0.05, 0.1) is 0 Å². The smallest absolute Gasteiger partial charge is 0.258 e. The fourth-order valence-corrected chi connectivity index (χ4v) is 5.34. The van der Waals surface area contributed by atoms with Gasteiger partial charge in [0.2, 0.25) is 0 Å². The number of ether oxygens (including phenoxy) is 2. The molecule has 3 aromatic rings. The van der Waals surface area contributed by atoms with E-state index in [4.69, 9.17) is 9.47 Å². The number of hydrogen-bond acceptors (Lipinski definition) is 6. The van der Waals surface area contributed by atoms with Gasteiger partial charge in [0.25, 0.3) is 5.56 Å². The number of rotatable bonds is 14. The number of fused-ring (bicyclic) bond motifs is 1. The highest BCUT2D eigenvalue weighted by atomic mass is 32.2. The van der Waals surface area contributed by atoms with E-state index in [2.05, 4.69) is 0 Å². The molecule has 0 aliphatic rings. The Morgan fingerprint density at radius 1 is 1.11 bits per heavy atom. The lowest BCUT2D eigenvalue weighted by Gasteiger charge is -2.26. The summed E-state index contributed by atoms with van der Waals surface area (Å²) in [4.78, 5) is 25.7. The zero-order valence-electron chi connectivity index (χ0n) is 22.5. The van der Waals surface area contributed by atoms with Crippen LogP contribution in [-0.4, -0.2) is 56.7 Å². The molecule has 0 amide bonds. The molecule has 0 unspecified atom stereocenters. The molecule has 0 N–H and O–H groups in total. The Labute approximate surface area is 223 Å². The highest BCUT2D eigenvalue weighted by Crippen LogP contribution is 2.27. The predicted molar refractivity (Wildman–Crippen MR) is 148 cm³/mol. The van der Waals surface area contributed by atoms with Crippen LogP contribution in [0.3, 0.4) is 0 Å². The lowest BCUT2D eigenvalue weighted by Crippen LogP contribution is -2.46. The van der Waals surface area contributed by atoms with Crippen LogP contribution in [-0.2, 0) is 37.1 Å². The maximum Gasteiger partial charge on any atom is 0.258 e. The number of nitrogens with zero attached hydrogens (tertiary/aromatic N) is 1. The number of aryl methyl sites for hydroxylation is 2. The highest BCUT2D eigenvalue weighted by Gasteiger charge is 2.42. The number of unbranched alkanes of at least 4 members (excludes halogenated alkanes) is 1. The fourth-order valence-electron chi connectivity index (χ4n) is 4.41. The van der Waals surface area contributed by atoms with Crippen molar-refractivity contribution in [1.29, 1.82) is 0 Å². The number of ketones is 1. The van der Waals surface area contributed by atoms with E-state index in [1.807, 2.05) is 13.0 Å². The minimum atomic E-state index is -3.75. The van der Waals surface area contributed by atoms with Gasteiger partial charge in [-0.15, -0.1) is 0 Å². The predicted octanol–water partition coefficient (Wildman–Crippen LogP) is 4.58. The molecule has 38 heavy (non-hydrogen) atoms. The van der Waals surface area contributed by atoms with Gasteiger partial charge in [-0.25, -0.2) is 12.8 Å². The van der Waals surface area contributed by atoms with Gasteiger partial charge < -0.3 is 14.0 Å². The minimum absolute atomic E-state index is 0.0379. The van der Waals surface area contributed by atoms with Gasteiger partial charge >= 0.3 is 0 Å². The Morgan fingerprint density at radius 2 is 1.87 bits per heavy atom. The quantitative estimate of drug-likeness (QED) is 0.276. The van der Waals surface area contributed by atoms with Crippen molar-refractivity contribution in [2.45, 2.75) is 50.8 Å². The first-order valence-electron chi connectivity index (χ1n) is 12.7. The first-order chi connectivity index (χ1) is 18.0. The average molecular weight is 546 g/mol. The van der Waals surface area contributed by atoms with Crippen molar-refractivity contribution in [3.63, 3.8) is 0 Å². The molecular formula is C29H36FNO6S.